The van der Waals surface area contributed by atoms with Crippen LogP contribution in [0.1, 0.15) is 17.0 Å². The summed E-state index contributed by atoms with van der Waals surface area (Å²) in [5.41, 5.74) is 2.98. The molecule has 2 heterocycles. The maximum absolute atomic E-state index is 5.87. The number of hydrogen-bond donors (Lipinski definition) is 1. The molecule has 0 aliphatic rings. The Morgan fingerprint density at radius 3 is 2.72 bits per heavy atom. The number of hydrogen-bond acceptors (Lipinski definition) is 4. The summed E-state index contributed by atoms with van der Waals surface area (Å²) in [4.78, 5) is 4.17. The molecule has 0 saturated carbocycles. The highest BCUT2D eigenvalue weighted by Crippen LogP contribution is 2.27. The van der Waals surface area contributed by atoms with E-state index in [1.807, 2.05) is 44.9 Å². The van der Waals surface area contributed by atoms with Gasteiger partial charge in [0, 0.05) is 19.8 Å². The van der Waals surface area contributed by atoms with Gasteiger partial charge >= 0.3 is 0 Å². The molecule has 0 spiro atoms. The Kier molecular flexibility index (Phi) is 3.62. The van der Waals surface area contributed by atoms with Gasteiger partial charge in [0.15, 0.2) is 5.75 Å². The number of nitrogens with zero attached hydrogens (tertiary/aromatic N) is 3. The molecule has 0 amide bonds. The summed E-state index contributed by atoms with van der Waals surface area (Å²) < 4.78 is 7.69. The van der Waals surface area contributed by atoms with Crippen LogP contribution in [0.2, 0.25) is 0 Å². The van der Waals surface area contributed by atoms with Gasteiger partial charge in [-0.15, -0.1) is 0 Å². The zero-order chi connectivity index (χ0) is 13.1. The average molecular weight is 246 g/mol. The van der Waals surface area contributed by atoms with Crippen LogP contribution in [0.3, 0.4) is 0 Å². The minimum atomic E-state index is 0.738. The number of aromatic nitrogens is 3. The molecular weight excluding hydrogens is 228 g/mol. The standard InChI is InChI=1S/C13H18N4O/c1-9-13(10(2)17(4)16-9)18-12-5-11(6-14-3)7-15-8-12/h5,7-8,14H,6H2,1-4H3. The highest BCUT2D eigenvalue weighted by atomic mass is 16.5. The zero-order valence-electron chi connectivity index (χ0n) is 11.2. The first-order chi connectivity index (χ1) is 8.61. The summed E-state index contributed by atoms with van der Waals surface area (Å²) in [6.45, 7) is 4.70. The monoisotopic (exact) mass is 246 g/mol. The molecule has 2 aromatic rings. The van der Waals surface area contributed by atoms with Gasteiger partial charge in [-0.1, -0.05) is 0 Å². The zero-order valence-corrected chi connectivity index (χ0v) is 11.2. The Labute approximate surface area is 107 Å². The van der Waals surface area contributed by atoms with Crippen molar-refractivity contribution in [2.45, 2.75) is 20.4 Å². The van der Waals surface area contributed by atoms with Crippen LogP contribution in [0.4, 0.5) is 0 Å². The molecule has 0 bridgehead atoms. The van der Waals surface area contributed by atoms with E-state index in [1.165, 1.54) is 0 Å². The quantitative estimate of drug-likeness (QED) is 0.895. The van der Waals surface area contributed by atoms with Crippen LogP contribution >= 0.6 is 0 Å². The maximum atomic E-state index is 5.87. The third-order valence-electron chi connectivity index (χ3n) is 2.81. The van der Waals surface area contributed by atoms with Crippen LogP contribution in [-0.2, 0) is 13.6 Å². The lowest BCUT2D eigenvalue weighted by molar-refractivity contribution is 0.471. The number of ether oxygens (including phenoxy) is 1. The minimum Gasteiger partial charge on any atom is -0.452 e. The predicted molar refractivity (Wildman–Crippen MR) is 69.8 cm³/mol. The van der Waals surface area contributed by atoms with Gasteiger partial charge in [-0.3, -0.25) is 9.67 Å². The molecular formula is C13H18N4O. The number of rotatable bonds is 4. The van der Waals surface area contributed by atoms with E-state index in [-0.39, 0.29) is 0 Å². The lowest BCUT2D eigenvalue weighted by atomic mass is 10.3. The molecule has 2 aromatic heterocycles. The molecule has 1 N–H and O–H groups in total. The summed E-state index contributed by atoms with van der Waals surface area (Å²) in [5.74, 6) is 1.54. The van der Waals surface area contributed by atoms with Crippen LogP contribution in [-0.4, -0.2) is 21.8 Å². The van der Waals surface area contributed by atoms with Gasteiger partial charge in [0.2, 0.25) is 0 Å². The number of pyridine rings is 1. The molecule has 18 heavy (non-hydrogen) atoms. The van der Waals surface area contributed by atoms with Crippen molar-refractivity contribution in [3.8, 4) is 11.5 Å². The van der Waals surface area contributed by atoms with Crippen molar-refractivity contribution < 1.29 is 4.74 Å². The summed E-state index contributed by atoms with van der Waals surface area (Å²) >= 11 is 0. The van der Waals surface area contributed by atoms with Crippen molar-refractivity contribution in [1.82, 2.24) is 20.1 Å². The number of nitrogens with one attached hydrogen (secondary N) is 1. The largest absolute Gasteiger partial charge is 0.452 e. The fourth-order valence-corrected chi connectivity index (χ4v) is 1.84. The summed E-state index contributed by atoms with van der Waals surface area (Å²) in [5, 5.41) is 7.41. The van der Waals surface area contributed by atoms with Crippen LogP contribution < -0.4 is 10.1 Å². The molecule has 0 saturated heterocycles. The minimum absolute atomic E-state index is 0.738. The highest BCUT2D eigenvalue weighted by Gasteiger charge is 2.11. The molecule has 0 aromatic carbocycles. The first-order valence-corrected chi connectivity index (χ1v) is 5.88. The van der Waals surface area contributed by atoms with E-state index in [0.29, 0.717) is 0 Å². The molecule has 0 aliphatic carbocycles. The summed E-state index contributed by atoms with van der Waals surface area (Å²) in [7, 11) is 3.81. The van der Waals surface area contributed by atoms with E-state index >= 15 is 0 Å². The molecule has 5 heteroatoms. The average Bonchev–Trinajstić information content (AvgIpc) is 2.57. The second-order valence-electron chi connectivity index (χ2n) is 4.28. The van der Waals surface area contributed by atoms with Crippen molar-refractivity contribution >= 4 is 0 Å². The van der Waals surface area contributed by atoms with Gasteiger partial charge < -0.3 is 10.1 Å². The van der Waals surface area contributed by atoms with Crippen molar-refractivity contribution in [2.24, 2.45) is 7.05 Å². The van der Waals surface area contributed by atoms with Gasteiger partial charge in [-0.05, 0) is 32.5 Å². The van der Waals surface area contributed by atoms with E-state index < -0.39 is 0 Å². The summed E-state index contributed by atoms with van der Waals surface area (Å²) in [6.07, 6.45) is 3.54. The Bertz CT molecular complexity index is 548. The second-order valence-corrected chi connectivity index (χ2v) is 4.28. The van der Waals surface area contributed by atoms with Crippen molar-refractivity contribution in [2.75, 3.05) is 7.05 Å². The summed E-state index contributed by atoms with van der Waals surface area (Å²) in [6, 6.07) is 1.98. The van der Waals surface area contributed by atoms with E-state index in [1.54, 1.807) is 6.20 Å². The second kappa shape index (κ2) is 5.18. The third kappa shape index (κ3) is 2.51. The van der Waals surface area contributed by atoms with Gasteiger partial charge in [-0.25, -0.2) is 0 Å². The lowest BCUT2D eigenvalue weighted by Gasteiger charge is -2.07. The maximum Gasteiger partial charge on any atom is 0.171 e. The topological polar surface area (TPSA) is 52.0 Å². The first-order valence-electron chi connectivity index (χ1n) is 5.88. The molecule has 0 fully saturated rings. The van der Waals surface area contributed by atoms with Crippen LogP contribution in [0, 0.1) is 13.8 Å². The Morgan fingerprint density at radius 2 is 2.11 bits per heavy atom. The van der Waals surface area contributed by atoms with Gasteiger partial charge in [0.25, 0.3) is 0 Å². The van der Waals surface area contributed by atoms with E-state index in [0.717, 1.165) is 35.0 Å². The molecule has 0 aliphatic heterocycles. The first kappa shape index (κ1) is 12.6. The van der Waals surface area contributed by atoms with Crippen molar-refractivity contribution in [3.63, 3.8) is 0 Å². The van der Waals surface area contributed by atoms with Crippen LogP contribution in [0.25, 0.3) is 0 Å². The third-order valence-corrected chi connectivity index (χ3v) is 2.81. The van der Waals surface area contributed by atoms with Gasteiger partial charge in [-0.2, -0.15) is 5.10 Å². The Morgan fingerprint density at radius 1 is 1.33 bits per heavy atom. The SMILES string of the molecule is CNCc1cncc(Oc2c(C)nn(C)c2C)c1. The van der Waals surface area contributed by atoms with Gasteiger partial charge in [0.05, 0.1) is 11.9 Å². The number of aryl methyl sites for hydroxylation is 2. The lowest BCUT2D eigenvalue weighted by Crippen LogP contribution is -2.05. The van der Waals surface area contributed by atoms with E-state index in [9.17, 15) is 0 Å². The van der Waals surface area contributed by atoms with E-state index in [2.05, 4.69) is 15.4 Å². The van der Waals surface area contributed by atoms with Crippen molar-refractivity contribution in [1.29, 1.82) is 0 Å². The molecule has 0 unspecified atom stereocenters. The fourth-order valence-electron chi connectivity index (χ4n) is 1.84. The Balaban J connectivity index is 2.25. The normalized spacial score (nSPS) is 10.7. The predicted octanol–water partition coefficient (Wildman–Crippen LogP) is 1.94. The Hall–Kier alpha value is -1.88. The highest BCUT2D eigenvalue weighted by molar-refractivity contribution is 5.37. The van der Waals surface area contributed by atoms with Crippen LogP contribution in [0.5, 0.6) is 11.5 Å². The van der Waals surface area contributed by atoms with Crippen molar-refractivity contribution in [3.05, 3.63) is 35.4 Å². The van der Waals surface area contributed by atoms with E-state index in [4.69, 9.17) is 4.74 Å². The molecule has 0 atom stereocenters. The fraction of sp³-hybridized carbons (Fsp3) is 0.385. The van der Waals surface area contributed by atoms with Crippen LogP contribution in [0.15, 0.2) is 18.5 Å². The smallest absolute Gasteiger partial charge is 0.171 e. The molecule has 0 radical (unpaired) electrons. The molecule has 2 rings (SSSR count). The van der Waals surface area contributed by atoms with Gasteiger partial charge in [0.1, 0.15) is 11.4 Å². The molecule has 5 nitrogen and oxygen atoms in total. The molecule has 96 valence electrons.